The van der Waals surface area contributed by atoms with Crippen LogP contribution in [0.25, 0.3) is 11.3 Å². The number of aromatic nitrogens is 2. The lowest BCUT2D eigenvalue weighted by atomic mass is 10.2. The summed E-state index contributed by atoms with van der Waals surface area (Å²) in [6.07, 6.45) is 5.14. The third kappa shape index (κ3) is 4.02. The molecule has 0 aliphatic rings. The number of hydrogen-bond donors (Lipinski definition) is 2. The van der Waals surface area contributed by atoms with E-state index in [4.69, 9.17) is 0 Å². The smallest absolute Gasteiger partial charge is 0.175 e. The first kappa shape index (κ1) is 16.4. The van der Waals surface area contributed by atoms with E-state index in [0.29, 0.717) is 11.5 Å². The Balaban J connectivity index is 2.26. The summed E-state index contributed by atoms with van der Waals surface area (Å²) < 4.78 is 22.9. The van der Waals surface area contributed by atoms with E-state index in [9.17, 15) is 13.5 Å². The van der Waals surface area contributed by atoms with Crippen molar-refractivity contribution >= 4 is 15.7 Å². The molecule has 1 atom stereocenters. The summed E-state index contributed by atoms with van der Waals surface area (Å²) in [4.78, 5) is 8.83. The number of nitrogens with zero attached hydrogens (tertiary/aromatic N) is 2. The van der Waals surface area contributed by atoms with Crippen molar-refractivity contribution in [3.05, 3.63) is 36.7 Å². The maximum Gasteiger partial charge on any atom is 0.175 e. The van der Waals surface area contributed by atoms with Crippen molar-refractivity contribution in [3.8, 4) is 11.3 Å². The van der Waals surface area contributed by atoms with Crippen molar-refractivity contribution in [2.75, 3.05) is 18.2 Å². The van der Waals surface area contributed by atoms with Crippen LogP contribution in [0, 0.1) is 0 Å². The van der Waals surface area contributed by atoms with Gasteiger partial charge in [-0.1, -0.05) is 19.1 Å². The highest BCUT2D eigenvalue weighted by Crippen LogP contribution is 2.20. The van der Waals surface area contributed by atoms with Crippen LogP contribution in [0.3, 0.4) is 0 Å². The van der Waals surface area contributed by atoms with Crippen molar-refractivity contribution in [1.29, 1.82) is 0 Å². The largest absolute Gasteiger partial charge is 0.394 e. The van der Waals surface area contributed by atoms with Gasteiger partial charge in [-0.15, -0.1) is 0 Å². The molecule has 118 valence electrons. The van der Waals surface area contributed by atoms with E-state index in [0.717, 1.165) is 12.0 Å². The molecule has 2 N–H and O–H groups in total. The Hall–Kier alpha value is -1.99. The average Bonchev–Trinajstić information content (AvgIpc) is 2.52. The summed E-state index contributed by atoms with van der Waals surface area (Å²) in [5.41, 5.74) is 1.42. The standard InChI is InChI=1S/C15H19N3O3S/c1-3-12(10-19)17-15-9-16-8-14(18-15)11-4-6-13(7-5-11)22(2,20)21/h4-9,12,19H,3,10H2,1-2H3,(H,17,18). The van der Waals surface area contributed by atoms with E-state index < -0.39 is 9.84 Å². The molecular weight excluding hydrogens is 302 g/mol. The molecule has 0 saturated carbocycles. The molecule has 22 heavy (non-hydrogen) atoms. The molecule has 0 bridgehead atoms. The SMILES string of the molecule is CCC(CO)Nc1cncc(-c2ccc(S(C)(=O)=O)cc2)n1. The molecule has 0 aliphatic carbocycles. The molecule has 2 rings (SSSR count). The predicted molar refractivity (Wildman–Crippen MR) is 85.4 cm³/mol. The van der Waals surface area contributed by atoms with E-state index in [1.165, 1.54) is 6.26 Å². The second kappa shape index (κ2) is 6.85. The second-order valence-electron chi connectivity index (χ2n) is 5.02. The zero-order chi connectivity index (χ0) is 16.2. The molecule has 0 amide bonds. The Kier molecular flexibility index (Phi) is 5.10. The fourth-order valence-electron chi connectivity index (χ4n) is 1.93. The van der Waals surface area contributed by atoms with E-state index >= 15 is 0 Å². The highest BCUT2D eigenvalue weighted by molar-refractivity contribution is 7.90. The second-order valence-corrected chi connectivity index (χ2v) is 7.03. The third-order valence-electron chi connectivity index (χ3n) is 3.28. The first-order valence-electron chi connectivity index (χ1n) is 6.94. The van der Waals surface area contributed by atoms with Crippen LogP contribution in [0.15, 0.2) is 41.6 Å². The average molecular weight is 321 g/mol. The first-order chi connectivity index (χ1) is 10.4. The first-order valence-corrected chi connectivity index (χ1v) is 8.83. The van der Waals surface area contributed by atoms with Crippen LogP contribution >= 0.6 is 0 Å². The molecule has 0 aliphatic heterocycles. The molecular formula is C15H19N3O3S. The Morgan fingerprint density at radius 3 is 2.45 bits per heavy atom. The molecule has 1 unspecified atom stereocenters. The summed E-state index contributed by atoms with van der Waals surface area (Å²) in [6.45, 7) is 1.99. The molecule has 1 heterocycles. The van der Waals surface area contributed by atoms with Gasteiger partial charge in [0, 0.05) is 11.8 Å². The van der Waals surface area contributed by atoms with Crippen molar-refractivity contribution in [1.82, 2.24) is 9.97 Å². The number of sulfone groups is 1. The molecule has 0 radical (unpaired) electrons. The lowest BCUT2D eigenvalue weighted by Gasteiger charge is -2.14. The summed E-state index contributed by atoms with van der Waals surface area (Å²) in [6, 6.07) is 6.43. The predicted octanol–water partition coefficient (Wildman–Crippen LogP) is 1.73. The molecule has 2 aromatic rings. The van der Waals surface area contributed by atoms with Gasteiger partial charge in [-0.3, -0.25) is 4.98 Å². The number of hydrogen-bond acceptors (Lipinski definition) is 6. The van der Waals surface area contributed by atoms with E-state index in [-0.39, 0.29) is 17.5 Å². The van der Waals surface area contributed by atoms with Gasteiger partial charge in [0.25, 0.3) is 0 Å². The fourth-order valence-corrected chi connectivity index (χ4v) is 2.56. The van der Waals surface area contributed by atoms with Gasteiger partial charge in [-0.25, -0.2) is 13.4 Å². The number of anilines is 1. The van der Waals surface area contributed by atoms with Gasteiger partial charge in [0.05, 0.1) is 35.6 Å². The molecule has 0 saturated heterocycles. The highest BCUT2D eigenvalue weighted by atomic mass is 32.2. The van der Waals surface area contributed by atoms with Crippen LogP contribution in [0.2, 0.25) is 0 Å². The topological polar surface area (TPSA) is 92.2 Å². The summed E-state index contributed by atoms with van der Waals surface area (Å²) >= 11 is 0. The maximum absolute atomic E-state index is 11.5. The maximum atomic E-state index is 11.5. The molecule has 1 aromatic heterocycles. The zero-order valence-corrected chi connectivity index (χ0v) is 13.3. The monoisotopic (exact) mass is 321 g/mol. The number of rotatable bonds is 6. The quantitative estimate of drug-likeness (QED) is 0.842. The summed E-state index contributed by atoms with van der Waals surface area (Å²) in [7, 11) is -3.21. The number of nitrogens with one attached hydrogen (secondary N) is 1. The van der Waals surface area contributed by atoms with Gasteiger partial charge in [-0.2, -0.15) is 0 Å². The van der Waals surface area contributed by atoms with Crippen LogP contribution in [-0.4, -0.2) is 42.4 Å². The van der Waals surface area contributed by atoms with Gasteiger partial charge >= 0.3 is 0 Å². The van der Waals surface area contributed by atoms with Crippen LogP contribution < -0.4 is 5.32 Å². The van der Waals surface area contributed by atoms with Gasteiger partial charge in [0.1, 0.15) is 5.82 Å². The van der Waals surface area contributed by atoms with E-state index in [1.807, 2.05) is 6.92 Å². The minimum absolute atomic E-state index is 0.0193. The van der Waals surface area contributed by atoms with Crippen molar-refractivity contribution in [3.63, 3.8) is 0 Å². The minimum Gasteiger partial charge on any atom is -0.394 e. The molecule has 0 spiro atoms. The van der Waals surface area contributed by atoms with Crippen molar-refractivity contribution in [2.24, 2.45) is 0 Å². The van der Waals surface area contributed by atoms with Crippen molar-refractivity contribution < 1.29 is 13.5 Å². The number of benzene rings is 1. The van der Waals surface area contributed by atoms with Crippen molar-refractivity contribution in [2.45, 2.75) is 24.3 Å². The van der Waals surface area contributed by atoms with Crippen LogP contribution in [0.4, 0.5) is 5.82 Å². The van der Waals surface area contributed by atoms with Crippen LogP contribution in [-0.2, 0) is 9.84 Å². The highest BCUT2D eigenvalue weighted by Gasteiger charge is 2.09. The summed E-state index contributed by atoms with van der Waals surface area (Å²) in [5.74, 6) is 0.575. The summed E-state index contributed by atoms with van der Waals surface area (Å²) in [5, 5.41) is 12.3. The third-order valence-corrected chi connectivity index (χ3v) is 4.41. The molecule has 1 aromatic carbocycles. The zero-order valence-electron chi connectivity index (χ0n) is 12.5. The Labute approximate surface area is 130 Å². The van der Waals surface area contributed by atoms with Gasteiger partial charge in [0.15, 0.2) is 9.84 Å². The molecule has 0 fully saturated rings. The van der Waals surface area contributed by atoms with E-state index in [1.54, 1.807) is 36.7 Å². The lowest BCUT2D eigenvalue weighted by molar-refractivity contribution is 0.271. The minimum atomic E-state index is -3.21. The van der Waals surface area contributed by atoms with Gasteiger partial charge in [-0.05, 0) is 18.6 Å². The number of aliphatic hydroxyl groups excluding tert-OH is 1. The Morgan fingerprint density at radius 1 is 1.23 bits per heavy atom. The Bertz CT molecular complexity index is 726. The lowest BCUT2D eigenvalue weighted by Crippen LogP contribution is -2.23. The van der Waals surface area contributed by atoms with Crippen LogP contribution in [0.1, 0.15) is 13.3 Å². The van der Waals surface area contributed by atoms with Gasteiger partial charge in [0.2, 0.25) is 0 Å². The number of aliphatic hydroxyl groups is 1. The van der Waals surface area contributed by atoms with Crippen LogP contribution in [0.5, 0.6) is 0 Å². The normalized spacial score (nSPS) is 12.9. The Morgan fingerprint density at radius 2 is 1.91 bits per heavy atom. The van der Waals surface area contributed by atoms with Gasteiger partial charge < -0.3 is 10.4 Å². The van der Waals surface area contributed by atoms with E-state index in [2.05, 4.69) is 15.3 Å². The molecule has 6 nitrogen and oxygen atoms in total. The fraction of sp³-hybridized carbons (Fsp3) is 0.333. The molecule has 7 heteroatoms.